The van der Waals surface area contributed by atoms with Crippen LogP contribution in [0, 0.1) is 36.3 Å². The summed E-state index contributed by atoms with van der Waals surface area (Å²) in [7, 11) is 0. The smallest absolute Gasteiger partial charge is 0.321 e. The van der Waals surface area contributed by atoms with Gasteiger partial charge in [0.2, 0.25) is 4.73 Å². The Kier molecular flexibility index (Phi) is 7.82. The molecule has 0 amide bonds. The summed E-state index contributed by atoms with van der Waals surface area (Å²) in [6.45, 7) is -1.39. The molecule has 47 heavy (non-hydrogen) atoms. The number of halogens is 5. The first kappa shape index (κ1) is 26.1. The highest BCUT2D eigenvalue weighted by atomic mass is 79.9. The van der Waals surface area contributed by atoms with Crippen molar-refractivity contribution in [1.82, 2.24) is 39.5 Å². The summed E-state index contributed by atoms with van der Waals surface area (Å²) in [6.07, 6.45) is 4.37. The minimum absolute atomic E-state index is 0.0619. The SMILES string of the molecule is [2H]C([2H])([2H])n1nc(Br)nc1Oc1ccc(F)c(Cl)c1.[2H]C([2H])([2H])n1nc(CC2[C@@H]3CC[C@H]2CN(c2cc(C)ncn2)C3)nc1Oc1ccc(F)c(Cl)c1. The number of aromatic nitrogens is 8. The third-order valence-electron chi connectivity index (χ3n) is 7.93. The Morgan fingerprint density at radius 1 is 0.872 bits per heavy atom. The van der Waals surface area contributed by atoms with Gasteiger partial charge in [0.25, 0.3) is 0 Å². The molecular formula is C31H30BrCl2F2N9O2. The number of aryl methyl sites for hydroxylation is 3. The number of hydrogen-bond donors (Lipinski definition) is 0. The van der Waals surface area contributed by atoms with Gasteiger partial charge in [0.1, 0.15) is 35.3 Å². The van der Waals surface area contributed by atoms with Crippen molar-refractivity contribution < 1.29 is 26.5 Å². The molecule has 2 bridgehead atoms. The van der Waals surface area contributed by atoms with Gasteiger partial charge >= 0.3 is 12.0 Å². The van der Waals surface area contributed by atoms with E-state index < -0.39 is 25.6 Å². The first-order valence-electron chi connectivity index (χ1n) is 17.3. The predicted octanol–water partition coefficient (Wildman–Crippen LogP) is 7.37. The highest BCUT2D eigenvalue weighted by Gasteiger charge is 2.42. The maximum Gasteiger partial charge on any atom is 0.321 e. The molecule has 5 aromatic rings. The van der Waals surface area contributed by atoms with Gasteiger partial charge in [-0.2, -0.15) is 15.1 Å². The maximum atomic E-state index is 13.5. The Morgan fingerprint density at radius 2 is 1.47 bits per heavy atom. The van der Waals surface area contributed by atoms with E-state index in [1.165, 1.54) is 24.3 Å². The number of hydrogen-bond acceptors (Lipinski definition) is 9. The molecule has 16 heteroatoms. The van der Waals surface area contributed by atoms with Gasteiger partial charge in [0, 0.05) is 65.6 Å². The summed E-state index contributed by atoms with van der Waals surface area (Å²) < 4.78 is 84.2. The molecule has 2 aromatic carbocycles. The van der Waals surface area contributed by atoms with Crippen LogP contribution in [-0.4, -0.2) is 52.6 Å². The molecule has 1 saturated heterocycles. The van der Waals surface area contributed by atoms with Crippen molar-refractivity contribution in [3.05, 3.63) is 86.7 Å². The van der Waals surface area contributed by atoms with Crippen LogP contribution in [0.25, 0.3) is 0 Å². The second-order valence-electron chi connectivity index (χ2n) is 11.0. The number of piperidine rings is 1. The summed E-state index contributed by atoms with van der Waals surface area (Å²) in [5.41, 5.74) is 0.939. The third-order valence-corrected chi connectivity index (χ3v) is 8.85. The molecule has 1 unspecified atom stereocenters. The minimum Gasteiger partial charge on any atom is -0.424 e. The van der Waals surface area contributed by atoms with E-state index in [0.717, 1.165) is 54.3 Å². The normalized spacial score (nSPS) is 21.0. The van der Waals surface area contributed by atoms with Crippen molar-refractivity contribution in [2.24, 2.45) is 31.7 Å². The average Bonchev–Trinajstić information content (AvgIpc) is 3.72. The van der Waals surface area contributed by atoms with Crippen LogP contribution in [0.2, 0.25) is 10.0 Å². The monoisotopic (exact) mass is 753 g/mol. The molecule has 1 aliphatic carbocycles. The third kappa shape index (κ3) is 7.82. The van der Waals surface area contributed by atoms with E-state index in [1.54, 1.807) is 6.33 Å². The fourth-order valence-electron chi connectivity index (χ4n) is 5.80. The van der Waals surface area contributed by atoms with Gasteiger partial charge in [-0.25, -0.2) is 28.1 Å². The highest BCUT2D eigenvalue weighted by molar-refractivity contribution is 9.10. The van der Waals surface area contributed by atoms with Crippen molar-refractivity contribution in [2.45, 2.75) is 26.2 Å². The van der Waals surface area contributed by atoms with Crippen LogP contribution in [0.4, 0.5) is 14.6 Å². The number of fused-ring (bicyclic) bond motifs is 2. The predicted molar refractivity (Wildman–Crippen MR) is 175 cm³/mol. The topological polar surface area (TPSA) is 109 Å². The minimum atomic E-state index is -2.57. The lowest BCUT2D eigenvalue weighted by Gasteiger charge is -2.38. The lowest BCUT2D eigenvalue weighted by atomic mass is 9.82. The molecule has 3 atom stereocenters. The largest absolute Gasteiger partial charge is 0.424 e. The summed E-state index contributed by atoms with van der Waals surface area (Å²) in [5, 5.41) is 7.65. The molecular weight excluding hydrogens is 719 g/mol. The summed E-state index contributed by atoms with van der Waals surface area (Å²) in [4.78, 5) is 19.1. The number of rotatable bonds is 7. The average molecular weight is 755 g/mol. The zero-order chi connectivity index (χ0) is 38.2. The van der Waals surface area contributed by atoms with E-state index >= 15 is 0 Å². The molecule has 0 spiro atoms. The van der Waals surface area contributed by atoms with Crippen LogP contribution >= 0.6 is 39.1 Å². The van der Waals surface area contributed by atoms with Gasteiger partial charge in [0.05, 0.1) is 10.0 Å². The van der Waals surface area contributed by atoms with Crippen molar-refractivity contribution in [1.29, 1.82) is 0 Å². The van der Waals surface area contributed by atoms with Gasteiger partial charge in [0.15, 0.2) is 5.82 Å². The Hall–Kier alpha value is -3.88. The second kappa shape index (κ2) is 14.1. The van der Waals surface area contributed by atoms with Gasteiger partial charge in [-0.3, -0.25) is 0 Å². The molecule has 1 aliphatic heterocycles. The molecule has 11 nitrogen and oxygen atoms in total. The highest BCUT2D eigenvalue weighted by Crippen LogP contribution is 2.44. The standard InChI is InChI=1S/C22H24ClFN6O.C9H6BrClFN3O/c1-13-7-21(26-12-25-13)30-10-14-3-4-15(11-30)17(14)9-20-27-22(29(2)28-20)31-16-5-6-19(24)18(23)8-16;1-15-9(13-8(10)14-15)16-5-2-3-7(12)6(11)4-5/h5-8,12,14-15,17H,3-4,9-11H2,1-2H3;2-4H,1H3/t14-,15+,17?;/i2D3;1D3. The van der Waals surface area contributed by atoms with Gasteiger partial charge < -0.3 is 14.4 Å². The zero-order valence-electron chi connectivity index (χ0n) is 30.6. The Morgan fingerprint density at radius 3 is 2.04 bits per heavy atom. The molecule has 2 fully saturated rings. The fourth-order valence-corrected chi connectivity index (χ4v) is 6.45. The lowest BCUT2D eigenvalue weighted by molar-refractivity contribution is 0.264. The summed E-state index contributed by atoms with van der Waals surface area (Å²) in [5.74, 6) is 1.73. The van der Waals surface area contributed by atoms with E-state index in [1.807, 2.05) is 13.0 Å². The molecule has 0 radical (unpaired) electrons. The molecule has 246 valence electrons. The maximum absolute atomic E-state index is 13.5. The van der Waals surface area contributed by atoms with E-state index in [2.05, 4.69) is 51.0 Å². The first-order valence-corrected chi connectivity index (χ1v) is 15.9. The first-order chi connectivity index (χ1) is 24.9. The Labute approximate surface area is 296 Å². The van der Waals surface area contributed by atoms with E-state index in [-0.39, 0.29) is 38.3 Å². The molecule has 3 aromatic heterocycles. The Balaban J connectivity index is 0.000000214. The van der Waals surface area contributed by atoms with Crippen LogP contribution in [0.15, 0.2) is 53.5 Å². The van der Waals surface area contributed by atoms with Crippen molar-refractivity contribution in [2.75, 3.05) is 18.0 Å². The van der Waals surface area contributed by atoms with Crippen molar-refractivity contribution in [3.63, 3.8) is 0 Å². The molecule has 4 heterocycles. The van der Waals surface area contributed by atoms with E-state index in [0.29, 0.717) is 34.7 Å². The van der Waals surface area contributed by atoms with E-state index in [4.69, 9.17) is 40.9 Å². The van der Waals surface area contributed by atoms with Crippen LogP contribution in [-0.2, 0) is 20.4 Å². The zero-order valence-corrected chi connectivity index (χ0v) is 27.7. The van der Waals surface area contributed by atoms with Crippen LogP contribution < -0.4 is 14.4 Å². The molecule has 0 N–H and O–H groups in total. The van der Waals surface area contributed by atoms with E-state index in [9.17, 15) is 8.78 Å². The van der Waals surface area contributed by atoms with Gasteiger partial charge in [-0.15, -0.1) is 5.10 Å². The van der Waals surface area contributed by atoms with Crippen LogP contribution in [0.5, 0.6) is 23.5 Å². The van der Waals surface area contributed by atoms with Crippen molar-refractivity contribution in [3.8, 4) is 23.5 Å². The Bertz CT molecular complexity index is 2090. The number of ether oxygens (including phenoxy) is 2. The van der Waals surface area contributed by atoms with Gasteiger partial charge in [-0.05, 0) is 77.7 Å². The number of nitrogens with zero attached hydrogens (tertiary/aromatic N) is 9. The summed E-state index contributed by atoms with van der Waals surface area (Å²) in [6, 6.07) is 8.99. The quantitative estimate of drug-likeness (QED) is 0.168. The molecule has 1 saturated carbocycles. The lowest BCUT2D eigenvalue weighted by Crippen LogP contribution is -2.43. The molecule has 7 rings (SSSR count). The van der Waals surface area contributed by atoms with Gasteiger partial charge in [-0.1, -0.05) is 23.2 Å². The molecule has 2 aliphatic rings. The number of benzene rings is 2. The fraction of sp³-hybridized carbons (Fsp3) is 0.355. The van der Waals surface area contributed by atoms with Crippen LogP contribution in [0.1, 0.15) is 32.6 Å². The van der Waals surface area contributed by atoms with Crippen molar-refractivity contribution >= 4 is 44.9 Å². The summed E-state index contributed by atoms with van der Waals surface area (Å²) >= 11 is 14.4. The number of anilines is 1. The van der Waals surface area contributed by atoms with Crippen LogP contribution in [0.3, 0.4) is 0 Å². The second-order valence-corrected chi connectivity index (χ2v) is 12.6.